The highest BCUT2D eigenvalue weighted by atomic mass is 32.2. The second kappa shape index (κ2) is 5.88. The van der Waals surface area contributed by atoms with Gasteiger partial charge in [0.25, 0.3) is 10.0 Å². The minimum absolute atomic E-state index is 0.198. The molecule has 0 radical (unpaired) electrons. The lowest BCUT2D eigenvalue weighted by Crippen LogP contribution is -2.18. The van der Waals surface area contributed by atoms with Gasteiger partial charge in [0.15, 0.2) is 0 Å². The van der Waals surface area contributed by atoms with Gasteiger partial charge in [-0.3, -0.25) is 0 Å². The molecule has 0 heterocycles. The Morgan fingerprint density at radius 2 is 1.40 bits per heavy atom. The minimum Gasteiger partial charge on any atom is -0.200 e. The van der Waals surface area contributed by atoms with Gasteiger partial charge in [-0.05, 0) is 31.5 Å². The Kier molecular flexibility index (Phi) is 4.20. The van der Waals surface area contributed by atoms with Crippen LogP contribution >= 0.6 is 0 Å². The molecule has 2 rings (SSSR count). The minimum atomic E-state index is -3.60. The molecule has 4 nitrogen and oxygen atoms in total. The number of nitrogens with one attached hydrogen (secondary N) is 1. The van der Waals surface area contributed by atoms with Crippen molar-refractivity contribution >= 4 is 16.2 Å². The number of rotatable bonds is 4. The summed E-state index contributed by atoms with van der Waals surface area (Å²) < 4.78 is 23.9. The van der Waals surface area contributed by atoms with E-state index < -0.39 is 10.0 Å². The summed E-state index contributed by atoms with van der Waals surface area (Å²) >= 11 is 0. The number of benzene rings is 2. The molecule has 5 heteroatoms. The monoisotopic (exact) mass is 288 g/mol. The summed E-state index contributed by atoms with van der Waals surface area (Å²) in [7, 11) is -3.60. The van der Waals surface area contributed by atoms with Crippen LogP contribution in [0.25, 0.3) is 0 Å². The summed E-state index contributed by atoms with van der Waals surface area (Å²) in [6.07, 6.45) is 1.48. The maximum atomic E-state index is 12.0. The first-order chi connectivity index (χ1) is 9.47. The highest BCUT2D eigenvalue weighted by Gasteiger charge is 2.11. The third kappa shape index (κ3) is 3.68. The zero-order valence-electron chi connectivity index (χ0n) is 11.4. The molecular weight excluding hydrogens is 272 g/mol. The van der Waals surface area contributed by atoms with Crippen LogP contribution in [0.4, 0.5) is 0 Å². The fraction of sp³-hybridized carbons (Fsp3) is 0.133. The predicted molar refractivity (Wildman–Crippen MR) is 80.3 cm³/mol. The maximum absolute atomic E-state index is 12.0. The third-order valence-corrected chi connectivity index (χ3v) is 4.03. The van der Waals surface area contributed by atoms with Crippen LogP contribution in [-0.4, -0.2) is 14.6 Å². The van der Waals surface area contributed by atoms with Crippen molar-refractivity contribution in [1.82, 2.24) is 4.83 Å². The molecule has 0 spiro atoms. The average Bonchev–Trinajstić information content (AvgIpc) is 2.41. The van der Waals surface area contributed by atoms with Crippen molar-refractivity contribution in [2.24, 2.45) is 5.10 Å². The van der Waals surface area contributed by atoms with Gasteiger partial charge in [-0.2, -0.15) is 13.5 Å². The summed E-state index contributed by atoms with van der Waals surface area (Å²) in [5, 5.41) is 3.78. The Bertz CT molecular complexity index is 703. The van der Waals surface area contributed by atoms with Gasteiger partial charge in [-0.1, -0.05) is 47.5 Å². The third-order valence-electron chi connectivity index (χ3n) is 2.80. The maximum Gasteiger partial charge on any atom is 0.276 e. The molecule has 104 valence electrons. The Morgan fingerprint density at radius 3 is 1.95 bits per heavy atom. The van der Waals surface area contributed by atoms with Crippen LogP contribution in [0.1, 0.15) is 16.7 Å². The number of nitrogens with zero attached hydrogens (tertiary/aromatic N) is 1. The smallest absolute Gasteiger partial charge is 0.200 e. The fourth-order valence-corrected chi connectivity index (χ4v) is 2.38. The highest BCUT2D eigenvalue weighted by Crippen LogP contribution is 2.09. The molecule has 0 amide bonds. The molecule has 0 aliphatic rings. The summed E-state index contributed by atoms with van der Waals surface area (Å²) in [5.41, 5.74) is 2.98. The van der Waals surface area contributed by atoms with E-state index >= 15 is 0 Å². The second-order valence-electron chi connectivity index (χ2n) is 4.58. The molecule has 0 saturated heterocycles. The summed E-state index contributed by atoms with van der Waals surface area (Å²) in [6, 6.07) is 14.2. The number of sulfonamides is 1. The summed E-state index contributed by atoms with van der Waals surface area (Å²) in [5.74, 6) is 0. The van der Waals surface area contributed by atoms with Crippen molar-refractivity contribution in [1.29, 1.82) is 0 Å². The molecule has 0 atom stereocenters. The second-order valence-corrected chi connectivity index (χ2v) is 6.24. The van der Waals surface area contributed by atoms with E-state index in [4.69, 9.17) is 0 Å². The Hall–Kier alpha value is -2.14. The van der Waals surface area contributed by atoms with Crippen molar-refractivity contribution in [3.8, 4) is 0 Å². The van der Waals surface area contributed by atoms with E-state index in [1.54, 1.807) is 24.3 Å². The SMILES string of the molecule is Cc1ccc(/C=N/NS(=O)(=O)c2ccc(C)cc2)cc1. The molecule has 0 unspecified atom stereocenters. The lowest BCUT2D eigenvalue weighted by molar-refractivity contribution is 0.584. The van der Waals surface area contributed by atoms with Crippen LogP contribution in [0.3, 0.4) is 0 Å². The van der Waals surface area contributed by atoms with Crippen LogP contribution in [0.5, 0.6) is 0 Å². The van der Waals surface area contributed by atoms with Gasteiger partial charge in [0.1, 0.15) is 0 Å². The van der Waals surface area contributed by atoms with Gasteiger partial charge in [-0.15, -0.1) is 0 Å². The Balaban J connectivity index is 2.09. The van der Waals surface area contributed by atoms with Crippen LogP contribution in [-0.2, 0) is 10.0 Å². The van der Waals surface area contributed by atoms with Crippen molar-refractivity contribution in [2.45, 2.75) is 18.7 Å². The van der Waals surface area contributed by atoms with Gasteiger partial charge in [0.05, 0.1) is 11.1 Å². The average molecular weight is 288 g/mol. The topological polar surface area (TPSA) is 58.5 Å². The standard InChI is InChI=1S/C15H16N2O2S/c1-12-3-7-14(8-4-12)11-16-17-20(18,19)15-9-5-13(2)6-10-15/h3-11,17H,1-2H3/b16-11+. The van der Waals surface area contributed by atoms with E-state index in [1.807, 2.05) is 38.1 Å². The number of hydrazone groups is 1. The zero-order valence-corrected chi connectivity index (χ0v) is 12.2. The van der Waals surface area contributed by atoms with Crippen molar-refractivity contribution in [2.75, 3.05) is 0 Å². The van der Waals surface area contributed by atoms with Gasteiger partial charge in [0.2, 0.25) is 0 Å². The first-order valence-electron chi connectivity index (χ1n) is 6.15. The molecule has 0 fully saturated rings. The Morgan fingerprint density at radius 1 is 0.900 bits per heavy atom. The number of hydrogen-bond donors (Lipinski definition) is 1. The molecule has 1 N–H and O–H groups in total. The van der Waals surface area contributed by atoms with E-state index in [-0.39, 0.29) is 4.90 Å². The predicted octanol–water partition coefficient (Wildman–Crippen LogP) is 2.62. The van der Waals surface area contributed by atoms with Crippen LogP contribution in [0.15, 0.2) is 58.5 Å². The molecule has 0 aliphatic carbocycles. The molecule has 20 heavy (non-hydrogen) atoms. The largest absolute Gasteiger partial charge is 0.276 e. The molecular formula is C15H16N2O2S. The quantitative estimate of drug-likeness (QED) is 0.694. The van der Waals surface area contributed by atoms with Gasteiger partial charge in [-0.25, -0.2) is 4.83 Å². The molecule has 2 aromatic rings. The molecule has 0 aromatic heterocycles. The van der Waals surface area contributed by atoms with Gasteiger partial charge in [0, 0.05) is 0 Å². The molecule has 0 saturated carbocycles. The summed E-state index contributed by atoms with van der Waals surface area (Å²) in [6.45, 7) is 3.89. The van der Waals surface area contributed by atoms with Crippen molar-refractivity contribution in [3.05, 3.63) is 65.2 Å². The van der Waals surface area contributed by atoms with Crippen molar-refractivity contribution < 1.29 is 8.42 Å². The van der Waals surface area contributed by atoms with Crippen LogP contribution in [0, 0.1) is 13.8 Å². The highest BCUT2D eigenvalue weighted by molar-refractivity contribution is 7.89. The van der Waals surface area contributed by atoms with E-state index in [9.17, 15) is 8.42 Å². The first kappa shape index (κ1) is 14.3. The molecule has 0 aliphatic heterocycles. The normalized spacial score (nSPS) is 11.7. The van der Waals surface area contributed by atoms with Crippen LogP contribution < -0.4 is 4.83 Å². The zero-order chi connectivity index (χ0) is 14.6. The van der Waals surface area contributed by atoms with Crippen LogP contribution in [0.2, 0.25) is 0 Å². The van der Waals surface area contributed by atoms with E-state index in [1.165, 1.54) is 6.21 Å². The lowest BCUT2D eigenvalue weighted by atomic mass is 10.2. The van der Waals surface area contributed by atoms with E-state index in [2.05, 4.69) is 9.93 Å². The van der Waals surface area contributed by atoms with Gasteiger partial charge < -0.3 is 0 Å². The Labute approximate surface area is 119 Å². The number of hydrogen-bond acceptors (Lipinski definition) is 3. The van der Waals surface area contributed by atoms with Crippen molar-refractivity contribution in [3.63, 3.8) is 0 Å². The summed E-state index contributed by atoms with van der Waals surface area (Å²) in [4.78, 5) is 2.40. The molecule has 2 aromatic carbocycles. The fourth-order valence-electron chi connectivity index (χ4n) is 1.59. The van der Waals surface area contributed by atoms with E-state index in [0.29, 0.717) is 0 Å². The van der Waals surface area contributed by atoms with Gasteiger partial charge >= 0.3 is 0 Å². The van der Waals surface area contributed by atoms with E-state index in [0.717, 1.165) is 16.7 Å². The lowest BCUT2D eigenvalue weighted by Gasteiger charge is -2.03. The first-order valence-corrected chi connectivity index (χ1v) is 7.64. The number of aryl methyl sites for hydroxylation is 2. The molecule has 0 bridgehead atoms.